The first-order valence-electron chi connectivity index (χ1n) is 5.32. The van der Waals surface area contributed by atoms with E-state index in [-0.39, 0.29) is 10.9 Å². The van der Waals surface area contributed by atoms with Crippen LogP contribution in [0.3, 0.4) is 0 Å². The van der Waals surface area contributed by atoms with Gasteiger partial charge in [-0.25, -0.2) is 8.42 Å². The van der Waals surface area contributed by atoms with E-state index in [4.69, 9.17) is 5.73 Å². The molecule has 1 unspecified atom stereocenters. The quantitative estimate of drug-likeness (QED) is 0.826. The van der Waals surface area contributed by atoms with Crippen molar-refractivity contribution in [2.24, 2.45) is 0 Å². The zero-order valence-corrected chi connectivity index (χ0v) is 13.8. The number of thioether (sulfide) groups is 1. The van der Waals surface area contributed by atoms with Gasteiger partial charge in [-0.3, -0.25) is 0 Å². The Kier molecular flexibility index (Phi) is 5.51. The third-order valence-corrected chi connectivity index (χ3v) is 6.42. The van der Waals surface area contributed by atoms with E-state index >= 15 is 0 Å². The first kappa shape index (κ1) is 15.8. The van der Waals surface area contributed by atoms with E-state index in [1.807, 2.05) is 13.2 Å². The van der Waals surface area contributed by atoms with E-state index in [1.165, 1.54) is 10.4 Å². The smallest absolute Gasteiger partial charge is 0.244 e. The highest BCUT2D eigenvalue weighted by Crippen LogP contribution is 2.27. The minimum atomic E-state index is -3.52. The lowest BCUT2D eigenvalue weighted by Gasteiger charge is -2.24. The van der Waals surface area contributed by atoms with E-state index in [0.29, 0.717) is 10.2 Å². The maximum atomic E-state index is 12.5. The summed E-state index contributed by atoms with van der Waals surface area (Å²) in [6.07, 6.45) is 1.95. The third-order valence-electron chi connectivity index (χ3n) is 2.64. The van der Waals surface area contributed by atoms with Crippen molar-refractivity contribution in [1.82, 2.24) is 4.31 Å². The van der Waals surface area contributed by atoms with Crippen LogP contribution in [0, 0.1) is 0 Å². The molecule has 0 aromatic heterocycles. The summed E-state index contributed by atoms with van der Waals surface area (Å²) in [5.74, 6) is 0.746. The number of rotatable bonds is 5. The molecule has 0 bridgehead atoms. The number of sulfonamides is 1. The molecule has 0 saturated heterocycles. The van der Waals surface area contributed by atoms with Crippen LogP contribution in [0.25, 0.3) is 0 Å². The van der Waals surface area contributed by atoms with Gasteiger partial charge in [0.05, 0.1) is 4.90 Å². The monoisotopic (exact) mass is 352 g/mol. The van der Waals surface area contributed by atoms with Gasteiger partial charge in [-0.1, -0.05) is 0 Å². The highest BCUT2D eigenvalue weighted by atomic mass is 79.9. The van der Waals surface area contributed by atoms with E-state index < -0.39 is 10.0 Å². The molecular formula is C11H17BrN2O2S2. The minimum Gasteiger partial charge on any atom is -0.399 e. The topological polar surface area (TPSA) is 63.4 Å². The second-order valence-corrected chi connectivity index (χ2v) is 7.75. The number of halogens is 1. The van der Waals surface area contributed by atoms with Crippen molar-refractivity contribution in [2.45, 2.75) is 17.9 Å². The Balaban J connectivity index is 3.17. The summed E-state index contributed by atoms with van der Waals surface area (Å²) in [5.41, 5.74) is 6.08. The summed E-state index contributed by atoms with van der Waals surface area (Å²) in [5, 5.41) is 0. The van der Waals surface area contributed by atoms with Crippen LogP contribution in [0.4, 0.5) is 5.69 Å². The molecule has 1 rings (SSSR count). The van der Waals surface area contributed by atoms with Gasteiger partial charge in [0.1, 0.15) is 0 Å². The summed E-state index contributed by atoms with van der Waals surface area (Å²) in [7, 11) is -1.93. The lowest BCUT2D eigenvalue weighted by atomic mass is 10.3. The van der Waals surface area contributed by atoms with Crippen LogP contribution < -0.4 is 5.73 Å². The molecule has 1 aromatic carbocycles. The molecule has 0 heterocycles. The molecule has 0 aliphatic heterocycles. The molecule has 0 saturated carbocycles. The Morgan fingerprint density at radius 2 is 2.11 bits per heavy atom. The largest absolute Gasteiger partial charge is 0.399 e. The van der Waals surface area contributed by atoms with Gasteiger partial charge in [0.15, 0.2) is 0 Å². The molecule has 7 heteroatoms. The second kappa shape index (κ2) is 6.27. The number of nitrogens with two attached hydrogens (primary N) is 1. The van der Waals surface area contributed by atoms with Crippen molar-refractivity contribution >= 4 is 43.4 Å². The average molecular weight is 353 g/mol. The lowest BCUT2D eigenvalue weighted by Crippen LogP contribution is -2.36. The van der Waals surface area contributed by atoms with Crippen LogP contribution in [0.2, 0.25) is 0 Å². The molecular weight excluding hydrogens is 336 g/mol. The Bertz CT molecular complexity index is 520. The van der Waals surface area contributed by atoms with Gasteiger partial charge in [0, 0.05) is 29.0 Å². The highest BCUT2D eigenvalue weighted by Gasteiger charge is 2.27. The van der Waals surface area contributed by atoms with Crippen molar-refractivity contribution in [3.05, 3.63) is 22.7 Å². The van der Waals surface area contributed by atoms with Crippen molar-refractivity contribution in [3.8, 4) is 0 Å². The Hall–Kier alpha value is -0.240. The molecule has 0 aliphatic carbocycles. The molecule has 1 aromatic rings. The van der Waals surface area contributed by atoms with Crippen LogP contribution in [0.15, 0.2) is 27.6 Å². The molecule has 0 aliphatic rings. The number of nitrogens with zero attached hydrogens (tertiary/aromatic N) is 1. The summed E-state index contributed by atoms with van der Waals surface area (Å²) in [4.78, 5) is 0.206. The number of benzene rings is 1. The van der Waals surface area contributed by atoms with Gasteiger partial charge < -0.3 is 5.73 Å². The number of hydrogen-bond acceptors (Lipinski definition) is 4. The predicted octanol–water partition coefficient (Wildman–Crippen LogP) is 2.40. The summed E-state index contributed by atoms with van der Waals surface area (Å²) < 4.78 is 26.8. The van der Waals surface area contributed by atoms with Crippen LogP contribution in [-0.2, 0) is 10.0 Å². The fourth-order valence-corrected chi connectivity index (χ4v) is 4.57. The number of anilines is 1. The highest BCUT2D eigenvalue weighted by molar-refractivity contribution is 9.10. The van der Waals surface area contributed by atoms with Crippen molar-refractivity contribution in [3.63, 3.8) is 0 Å². The summed E-state index contributed by atoms with van der Waals surface area (Å²) >= 11 is 4.87. The van der Waals surface area contributed by atoms with Gasteiger partial charge in [-0.15, -0.1) is 0 Å². The lowest BCUT2D eigenvalue weighted by molar-refractivity contribution is 0.415. The first-order chi connectivity index (χ1) is 8.30. The Labute approximate surface area is 121 Å². The fraction of sp³-hybridized carbons (Fsp3) is 0.455. The van der Waals surface area contributed by atoms with E-state index in [0.717, 1.165) is 5.75 Å². The molecule has 1 atom stereocenters. The van der Waals surface area contributed by atoms with Gasteiger partial charge in [-0.05, 0) is 47.3 Å². The van der Waals surface area contributed by atoms with Crippen molar-refractivity contribution < 1.29 is 8.42 Å². The van der Waals surface area contributed by atoms with E-state index in [9.17, 15) is 8.42 Å². The van der Waals surface area contributed by atoms with Gasteiger partial charge in [-0.2, -0.15) is 16.1 Å². The fourth-order valence-electron chi connectivity index (χ4n) is 1.46. The molecule has 0 fully saturated rings. The summed E-state index contributed by atoms with van der Waals surface area (Å²) in [6, 6.07) is 4.71. The van der Waals surface area contributed by atoms with E-state index in [2.05, 4.69) is 15.9 Å². The SMILES string of the molecule is CSCC(C)N(C)S(=O)(=O)c1cc(N)ccc1Br. The van der Waals surface area contributed by atoms with Crippen LogP contribution in [-0.4, -0.2) is 37.8 Å². The zero-order chi connectivity index (χ0) is 13.9. The van der Waals surface area contributed by atoms with Gasteiger partial charge >= 0.3 is 0 Å². The molecule has 4 nitrogen and oxygen atoms in total. The molecule has 0 spiro atoms. The Morgan fingerprint density at radius 3 is 2.67 bits per heavy atom. The number of hydrogen-bond donors (Lipinski definition) is 1. The number of nitrogen functional groups attached to an aromatic ring is 1. The van der Waals surface area contributed by atoms with Crippen molar-refractivity contribution in [1.29, 1.82) is 0 Å². The third kappa shape index (κ3) is 3.40. The standard InChI is InChI=1S/C11H17BrN2O2S2/c1-8(7-17-3)14(2)18(15,16)11-6-9(13)4-5-10(11)12/h4-6,8H,7,13H2,1-3H3. The predicted molar refractivity (Wildman–Crippen MR) is 81.3 cm³/mol. The maximum Gasteiger partial charge on any atom is 0.244 e. The maximum absolute atomic E-state index is 12.5. The average Bonchev–Trinajstić information content (AvgIpc) is 2.31. The summed E-state index contributed by atoms with van der Waals surface area (Å²) in [6.45, 7) is 1.88. The van der Waals surface area contributed by atoms with Crippen LogP contribution >= 0.6 is 27.7 Å². The van der Waals surface area contributed by atoms with Crippen molar-refractivity contribution in [2.75, 3.05) is 24.8 Å². The Morgan fingerprint density at radius 1 is 1.50 bits per heavy atom. The first-order valence-corrected chi connectivity index (χ1v) is 8.95. The minimum absolute atomic E-state index is 0.0710. The van der Waals surface area contributed by atoms with Crippen LogP contribution in [0.5, 0.6) is 0 Å². The second-order valence-electron chi connectivity index (χ2n) is 4.02. The molecule has 18 heavy (non-hydrogen) atoms. The van der Waals surface area contributed by atoms with Gasteiger partial charge in [0.25, 0.3) is 0 Å². The van der Waals surface area contributed by atoms with E-state index in [1.54, 1.807) is 30.9 Å². The normalized spacial score (nSPS) is 13.8. The van der Waals surface area contributed by atoms with Crippen LogP contribution in [0.1, 0.15) is 6.92 Å². The molecule has 0 radical (unpaired) electrons. The molecule has 2 N–H and O–H groups in total. The van der Waals surface area contributed by atoms with Gasteiger partial charge in [0.2, 0.25) is 10.0 Å². The zero-order valence-electron chi connectivity index (χ0n) is 10.6. The molecule has 0 amide bonds. The molecule has 102 valence electrons.